The second kappa shape index (κ2) is 4.92. The summed E-state index contributed by atoms with van der Waals surface area (Å²) >= 11 is 0. The molecule has 0 unspecified atom stereocenters. The topological polar surface area (TPSA) is 85.9 Å². The Kier molecular flexibility index (Phi) is 3.34. The molecule has 0 amide bonds. The highest BCUT2D eigenvalue weighted by Gasteiger charge is 2.04. The van der Waals surface area contributed by atoms with Crippen LogP contribution >= 0.6 is 0 Å². The molecular weight excluding hydrogens is 238 g/mol. The van der Waals surface area contributed by atoms with Crippen molar-refractivity contribution in [1.29, 1.82) is 0 Å². The standard InChI is InChI=1S/C11H11N3O2S/c12-11-10(13-5-6-14-11)9-3-1-8(2-4-9)7-17(15)16/h1-6,17H,7H2,(H2,12,14). The van der Waals surface area contributed by atoms with E-state index in [1.807, 2.05) is 0 Å². The van der Waals surface area contributed by atoms with Crippen LogP contribution in [0.1, 0.15) is 5.56 Å². The molecule has 2 N–H and O–H groups in total. The Labute approximate surface area is 100 Å². The lowest BCUT2D eigenvalue weighted by Gasteiger charge is -2.03. The number of aromatic nitrogens is 2. The number of nitrogen functional groups attached to an aromatic ring is 1. The molecule has 88 valence electrons. The van der Waals surface area contributed by atoms with Crippen molar-refractivity contribution >= 4 is 16.5 Å². The van der Waals surface area contributed by atoms with Crippen molar-refractivity contribution in [2.45, 2.75) is 5.75 Å². The molecule has 2 aromatic rings. The normalized spacial score (nSPS) is 10.6. The van der Waals surface area contributed by atoms with Gasteiger partial charge in [0.05, 0.1) is 5.75 Å². The number of benzene rings is 1. The number of anilines is 1. The minimum absolute atomic E-state index is 0.0472. The second-order valence-electron chi connectivity index (χ2n) is 3.48. The zero-order valence-electron chi connectivity index (χ0n) is 8.91. The predicted molar refractivity (Wildman–Crippen MR) is 65.9 cm³/mol. The predicted octanol–water partition coefficient (Wildman–Crippen LogP) is 0.837. The van der Waals surface area contributed by atoms with Crippen molar-refractivity contribution in [3.8, 4) is 11.3 Å². The van der Waals surface area contributed by atoms with Crippen LogP contribution in [0, 0.1) is 0 Å². The molecule has 0 fully saturated rings. The van der Waals surface area contributed by atoms with E-state index < -0.39 is 10.7 Å². The van der Waals surface area contributed by atoms with Crippen LogP contribution in [0.2, 0.25) is 0 Å². The van der Waals surface area contributed by atoms with Gasteiger partial charge in [-0.25, -0.2) is 13.4 Å². The third-order valence-electron chi connectivity index (χ3n) is 2.27. The minimum Gasteiger partial charge on any atom is -0.382 e. The molecular formula is C11H11N3O2S. The van der Waals surface area contributed by atoms with Gasteiger partial charge in [-0.2, -0.15) is 0 Å². The Hall–Kier alpha value is -1.95. The van der Waals surface area contributed by atoms with E-state index in [0.29, 0.717) is 11.5 Å². The van der Waals surface area contributed by atoms with Gasteiger partial charge in [0.1, 0.15) is 22.2 Å². The van der Waals surface area contributed by atoms with Gasteiger partial charge in [0.15, 0.2) is 0 Å². The second-order valence-corrected chi connectivity index (χ2v) is 4.46. The van der Waals surface area contributed by atoms with Crippen molar-refractivity contribution in [3.05, 3.63) is 42.2 Å². The number of hydrogen-bond acceptors (Lipinski definition) is 5. The largest absolute Gasteiger partial charge is 0.382 e. The lowest BCUT2D eigenvalue weighted by Crippen LogP contribution is -1.96. The van der Waals surface area contributed by atoms with E-state index in [1.165, 1.54) is 6.20 Å². The number of rotatable bonds is 3. The molecule has 1 heterocycles. The maximum absolute atomic E-state index is 10.6. The summed E-state index contributed by atoms with van der Waals surface area (Å²) in [4.78, 5) is 8.08. The number of nitrogens with two attached hydrogens (primary N) is 1. The van der Waals surface area contributed by atoms with E-state index in [-0.39, 0.29) is 5.75 Å². The number of thiol groups is 1. The van der Waals surface area contributed by atoms with Gasteiger partial charge < -0.3 is 5.73 Å². The van der Waals surface area contributed by atoms with Gasteiger partial charge in [0.2, 0.25) is 0 Å². The molecule has 0 aliphatic carbocycles. The van der Waals surface area contributed by atoms with Crippen molar-refractivity contribution in [3.63, 3.8) is 0 Å². The molecule has 1 aromatic heterocycles. The summed E-state index contributed by atoms with van der Waals surface area (Å²) in [5, 5.41) is 0. The summed E-state index contributed by atoms with van der Waals surface area (Å²) in [7, 11) is -2.40. The molecule has 0 aliphatic heterocycles. The van der Waals surface area contributed by atoms with Crippen molar-refractivity contribution in [2.75, 3.05) is 5.73 Å². The van der Waals surface area contributed by atoms with E-state index in [9.17, 15) is 8.42 Å². The Bertz CT molecular complexity index is 586. The van der Waals surface area contributed by atoms with Crippen molar-refractivity contribution in [2.24, 2.45) is 0 Å². The molecule has 0 saturated carbocycles. The first-order valence-corrected chi connectivity index (χ1v) is 6.30. The molecule has 0 spiro atoms. The molecule has 1 aromatic carbocycles. The highest BCUT2D eigenvalue weighted by atomic mass is 32.2. The van der Waals surface area contributed by atoms with Crippen LogP contribution in [-0.4, -0.2) is 18.4 Å². The van der Waals surface area contributed by atoms with Gasteiger partial charge in [0.25, 0.3) is 0 Å². The first-order chi connectivity index (χ1) is 8.16. The molecule has 0 aliphatic rings. The fraction of sp³-hybridized carbons (Fsp3) is 0.0909. The monoisotopic (exact) mass is 249 g/mol. The van der Waals surface area contributed by atoms with E-state index in [4.69, 9.17) is 5.73 Å². The van der Waals surface area contributed by atoms with Crippen LogP contribution in [0.4, 0.5) is 5.82 Å². The van der Waals surface area contributed by atoms with Crippen LogP contribution in [0.15, 0.2) is 36.7 Å². The maximum atomic E-state index is 10.6. The summed E-state index contributed by atoms with van der Waals surface area (Å²) in [6.45, 7) is 0. The molecule has 2 rings (SSSR count). The van der Waals surface area contributed by atoms with E-state index in [2.05, 4.69) is 9.97 Å². The van der Waals surface area contributed by atoms with Crippen molar-refractivity contribution in [1.82, 2.24) is 9.97 Å². The average Bonchev–Trinajstić information content (AvgIpc) is 2.30. The Morgan fingerprint density at radius 2 is 1.71 bits per heavy atom. The highest BCUT2D eigenvalue weighted by molar-refractivity contribution is 7.71. The number of nitrogens with zero attached hydrogens (tertiary/aromatic N) is 2. The molecule has 5 nitrogen and oxygen atoms in total. The Morgan fingerprint density at radius 3 is 2.29 bits per heavy atom. The van der Waals surface area contributed by atoms with Gasteiger partial charge in [-0.05, 0) is 5.56 Å². The summed E-state index contributed by atoms with van der Waals surface area (Å²) in [5.74, 6) is 0.404. The summed E-state index contributed by atoms with van der Waals surface area (Å²) in [6, 6.07) is 7.06. The van der Waals surface area contributed by atoms with Crippen LogP contribution in [0.3, 0.4) is 0 Å². The number of hydrogen-bond donors (Lipinski definition) is 2. The third-order valence-corrected chi connectivity index (χ3v) is 2.89. The fourth-order valence-corrected chi connectivity index (χ4v) is 2.00. The first-order valence-electron chi connectivity index (χ1n) is 4.94. The molecule has 0 atom stereocenters. The van der Waals surface area contributed by atoms with E-state index in [0.717, 1.165) is 11.1 Å². The van der Waals surface area contributed by atoms with Gasteiger partial charge >= 0.3 is 0 Å². The molecule has 0 bridgehead atoms. The molecule has 0 radical (unpaired) electrons. The summed E-state index contributed by atoms with van der Waals surface area (Å²) in [5.41, 5.74) is 7.87. The van der Waals surface area contributed by atoms with Gasteiger partial charge in [-0.3, -0.25) is 4.98 Å². The molecule has 17 heavy (non-hydrogen) atoms. The average molecular weight is 249 g/mol. The lowest BCUT2D eigenvalue weighted by atomic mass is 10.1. The zero-order valence-corrected chi connectivity index (χ0v) is 9.80. The van der Waals surface area contributed by atoms with Crippen molar-refractivity contribution < 1.29 is 8.42 Å². The highest BCUT2D eigenvalue weighted by Crippen LogP contribution is 2.21. The van der Waals surface area contributed by atoms with Gasteiger partial charge in [-0.1, -0.05) is 24.3 Å². The SMILES string of the molecule is Nc1nccnc1-c1ccc(C[SH](=O)=O)cc1. The van der Waals surface area contributed by atoms with Crippen LogP contribution in [0.25, 0.3) is 11.3 Å². The van der Waals surface area contributed by atoms with Gasteiger partial charge in [0, 0.05) is 18.0 Å². The van der Waals surface area contributed by atoms with E-state index in [1.54, 1.807) is 30.5 Å². The smallest absolute Gasteiger partial charge is 0.149 e. The van der Waals surface area contributed by atoms with Crippen LogP contribution in [-0.2, 0) is 16.5 Å². The molecule has 6 heteroatoms. The first kappa shape index (κ1) is 11.5. The summed E-state index contributed by atoms with van der Waals surface area (Å²) in [6.07, 6.45) is 3.09. The van der Waals surface area contributed by atoms with E-state index >= 15 is 0 Å². The minimum atomic E-state index is -2.40. The Morgan fingerprint density at radius 1 is 1.06 bits per heavy atom. The quantitative estimate of drug-likeness (QED) is 0.787. The fourth-order valence-electron chi connectivity index (χ4n) is 1.49. The third kappa shape index (κ3) is 2.79. The van der Waals surface area contributed by atoms with Crippen LogP contribution < -0.4 is 5.73 Å². The maximum Gasteiger partial charge on any atom is 0.149 e. The zero-order chi connectivity index (χ0) is 12.3. The Balaban J connectivity index is 2.33. The lowest BCUT2D eigenvalue weighted by molar-refractivity contribution is 0.614. The molecule has 0 saturated heterocycles. The van der Waals surface area contributed by atoms with Crippen LogP contribution in [0.5, 0.6) is 0 Å². The van der Waals surface area contributed by atoms with Gasteiger partial charge in [-0.15, -0.1) is 0 Å². The summed E-state index contributed by atoms with van der Waals surface area (Å²) < 4.78 is 21.1.